The van der Waals surface area contributed by atoms with Crippen molar-refractivity contribution in [1.29, 1.82) is 0 Å². The highest BCUT2D eigenvalue weighted by atomic mass is 35.5. The molecule has 0 heterocycles. The van der Waals surface area contributed by atoms with E-state index in [4.69, 9.17) is 16.3 Å². The van der Waals surface area contributed by atoms with E-state index in [0.29, 0.717) is 10.7 Å². The third-order valence-corrected chi connectivity index (χ3v) is 4.45. The zero-order chi connectivity index (χ0) is 19.9. The molecule has 3 aromatic rings. The van der Waals surface area contributed by atoms with Crippen LogP contribution in [-0.2, 0) is 20.7 Å². The van der Waals surface area contributed by atoms with Gasteiger partial charge in [0.2, 0.25) is 0 Å². The van der Waals surface area contributed by atoms with Gasteiger partial charge >= 0.3 is 5.97 Å². The summed E-state index contributed by atoms with van der Waals surface area (Å²) in [6, 6.07) is 24.4. The summed E-state index contributed by atoms with van der Waals surface area (Å²) in [6.45, 7) is 1.54. The molecule has 0 aromatic heterocycles. The molecule has 0 spiro atoms. The normalized spacial score (nSPS) is 11.5. The van der Waals surface area contributed by atoms with Crippen LogP contribution < -0.4 is 5.32 Å². The first-order valence-electron chi connectivity index (χ1n) is 8.91. The lowest BCUT2D eigenvalue weighted by atomic mass is 10.0. The molecular formula is C23H20ClNO3. The predicted molar refractivity (Wildman–Crippen MR) is 111 cm³/mol. The minimum absolute atomic E-state index is 0.105. The number of hydrogen-bond donors (Lipinski definition) is 1. The second-order valence-corrected chi connectivity index (χ2v) is 6.80. The van der Waals surface area contributed by atoms with Crippen molar-refractivity contribution in [3.8, 4) is 11.1 Å². The molecule has 0 aliphatic carbocycles. The number of benzene rings is 3. The Kier molecular flexibility index (Phi) is 6.45. The summed E-state index contributed by atoms with van der Waals surface area (Å²) in [7, 11) is 0. The van der Waals surface area contributed by atoms with Crippen LogP contribution in [0.15, 0.2) is 78.9 Å². The van der Waals surface area contributed by atoms with E-state index in [9.17, 15) is 9.59 Å². The number of carbonyl (C=O) groups excluding carboxylic acids is 2. The van der Waals surface area contributed by atoms with E-state index >= 15 is 0 Å². The molecule has 1 atom stereocenters. The van der Waals surface area contributed by atoms with Crippen molar-refractivity contribution in [3.05, 3.63) is 89.4 Å². The molecule has 28 heavy (non-hydrogen) atoms. The van der Waals surface area contributed by atoms with Crippen molar-refractivity contribution >= 4 is 29.2 Å². The van der Waals surface area contributed by atoms with Gasteiger partial charge in [0.15, 0.2) is 6.10 Å². The Morgan fingerprint density at radius 2 is 1.50 bits per heavy atom. The predicted octanol–water partition coefficient (Wildman–Crippen LogP) is 5.12. The number of amides is 1. The fourth-order valence-corrected chi connectivity index (χ4v) is 2.81. The minimum Gasteiger partial charge on any atom is -0.452 e. The number of halogens is 1. The van der Waals surface area contributed by atoms with Gasteiger partial charge < -0.3 is 10.1 Å². The number of carbonyl (C=O) groups is 2. The summed E-state index contributed by atoms with van der Waals surface area (Å²) in [5.41, 5.74) is 3.61. The molecule has 0 unspecified atom stereocenters. The summed E-state index contributed by atoms with van der Waals surface area (Å²) in [4.78, 5) is 24.3. The summed E-state index contributed by atoms with van der Waals surface area (Å²) in [6.07, 6.45) is -0.792. The molecule has 0 saturated heterocycles. The van der Waals surface area contributed by atoms with Gasteiger partial charge in [0.1, 0.15) is 0 Å². The molecule has 142 valence electrons. The first-order valence-corrected chi connectivity index (χ1v) is 9.29. The van der Waals surface area contributed by atoms with E-state index < -0.39 is 18.0 Å². The molecule has 0 saturated carbocycles. The van der Waals surface area contributed by atoms with Crippen LogP contribution >= 0.6 is 11.6 Å². The van der Waals surface area contributed by atoms with Gasteiger partial charge in [-0.3, -0.25) is 9.59 Å². The van der Waals surface area contributed by atoms with E-state index in [1.165, 1.54) is 0 Å². The van der Waals surface area contributed by atoms with Gasteiger partial charge in [-0.25, -0.2) is 0 Å². The van der Waals surface area contributed by atoms with E-state index in [1.807, 2.05) is 54.6 Å². The summed E-state index contributed by atoms with van der Waals surface area (Å²) in [5, 5.41) is 3.27. The molecule has 0 aliphatic heterocycles. The third-order valence-electron chi connectivity index (χ3n) is 4.20. The van der Waals surface area contributed by atoms with Crippen molar-refractivity contribution in [2.75, 3.05) is 5.32 Å². The smallest absolute Gasteiger partial charge is 0.311 e. The van der Waals surface area contributed by atoms with Gasteiger partial charge in [0.25, 0.3) is 5.91 Å². The quantitative estimate of drug-likeness (QED) is 0.591. The van der Waals surface area contributed by atoms with Gasteiger partial charge in [0, 0.05) is 10.7 Å². The Morgan fingerprint density at radius 3 is 2.14 bits per heavy atom. The molecule has 0 radical (unpaired) electrons. The van der Waals surface area contributed by atoms with Crippen LogP contribution in [0, 0.1) is 0 Å². The van der Waals surface area contributed by atoms with Crippen molar-refractivity contribution in [2.45, 2.75) is 19.4 Å². The third kappa shape index (κ3) is 5.44. The SMILES string of the molecule is C[C@@H](OC(=O)Cc1ccc(-c2ccccc2)cc1)C(=O)Nc1ccc(Cl)cc1. The number of anilines is 1. The lowest BCUT2D eigenvalue weighted by molar-refractivity contribution is -0.152. The lowest BCUT2D eigenvalue weighted by Gasteiger charge is -2.14. The molecule has 3 aromatic carbocycles. The second kappa shape index (κ2) is 9.20. The Hall–Kier alpha value is -3.11. The molecule has 0 bridgehead atoms. The average Bonchev–Trinajstić information content (AvgIpc) is 2.71. The molecule has 5 heteroatoms. The van der Waals surface area contributed by atoms with Crippen LogP contribution in [-0.4, -0.2) is 18.0 Å². The fraction of sp³-hybridized carbons (Fsp3) is 0.130. The summed E-state index contributed by atoms with van der Waals surface area (Å²) in [5.74, 6) is -0.846. The first kappa shape index (κ1) is 19.6. The van der Waals surface area contributed by atoms with Crippen molar-refractivity contribution < 1.29 is 14.3 Å². The van der Waals surface area contributed by atoms with Crippen molar-refractivity contribution in [1.82, 2.24) is 0 Å². The van der Waals surface area contributed by atoms with Gasteiger partial charge in [-0.05, 0) is 47.9 Å². The summed E-state index contributed by atoms with van der Waals surface area (Å²) < 4.78 is 5.25. The van der Waals surface area contributed by atoms with Crippen LogP contribution in [0.2, 0.25) is 5.02 Å². The van der Waals surface area contributed by atoms with Crippen molar-refractivity contribution in [3.63, 3.8) is 0 Å². The van der Waals surface area contributed by atoms with Gasteiger partial charge in [-0.2, -0.15) is 0 Å². The Bertz CT molecular complexity index is 938. The topological polar surface area (TPSA) is 55.4 Å². The van der Waals surface area contributed by atoms with E-state index in [-0.39, 0.29) is 6.42 Å². The minimum atomic E-state index is -0.897. The molecular weight excluding hydrogens is 374 g/mol. The van der Waals surface area contributed by atoms with Gasteiger partial charge in [-0.1, -0.05) is 66.2 Å². The van der Waals surface area contributed by atoms with Crippen LogP contribution in [0.3, 0.4) is 0 Å². The summed E-state index contributed by atoms with van der Waals surface area (Å²) >= 11 is 5.82. The highest BCUT2D eigenvalue weighted by Gasteiger charge is 2.18. The number of ether oxygens (including phenoxy) is 1. The molecule has 1 N–H and O–H groups in total. The number of hydrogen-bond acceptors (Lipinski definition) is 3. The molecule has 4 nitrogen and oxygen atoms in total. The number of esters is 1. The van der Waals surface area contributed by atoms with Crippen LogP contribution in [0.25, 0.3) is 11.1 Å². The maximum atomic E-state index is 12.2. The highest BCUT2D eigenvalue weighted by Crippen LogP contribution is 2.19. The molecule has 1 amide bonds. The average molecular weight is 394 g/mol. The maximum absolute atomic E-state index is 12.2. The fourth-order valence-electron chi connectivity index (χ4n) is 2.68. The zero-order valence-corrected chi connectivity index (χ0v) is 16.1. The van der Waals surface area contributed by atoms with Gasteiger partial charge in [0.05, 0.1) is 6.42 Å². The highest BCUT2D eigenvalue weighted by molar-refractivity contribution is 6.30. The Morgan fingerprint density at radius 1 is 0.893 bits per heavy atom. The van der Waals surface area contributed by atoms with Crippen LogP contribution in [0.4, 0.5) is 5.69 Å². The largest absolute Gasteiger partial charge is 0.452 e. The van der Waals surface area contributed by atoms with E-state index in [0.717, 1.165) is 16.7 Å². The lowest BCUT2D eigenvalue weighted by Crippen LogP contribution is -2.30. The molecule has 3 rings (SSSR count). The standard InChI is InChI=1S/C23H20ClNO3/c1-16(23(27)25-21-13-11-20(24)12-14-21)28-22(26)15-17-7-9-19(10-8-17)18-5-3-2-4-6-18/h2-14,16H,15H2,1H3,(H,25,27)/t16-/m1/s1. The Labute approximate surface area is 169 Å². The molecule has 0 fully saturated rings. The van der Waals surface area contributed by atoms with Crippen molar-refractivity contribution in [2.24, 2.45) is 0 Å². The number of nitrogens with one attached hydrogen (secondary N) is 1. The molecule has 0 aliphatic rings. The van der Waals surface area contributed by atoms with Gasteiger partial charge in [-0.15, -0.1) is 0 Å². The van der Waals surface area contributed by atoms with E-state index in [1.54, 1.807) is 31.2 Å². The maximum Gasteiger partial charge on any atom is 0.311 e. The van der Waals surface area contributed by atoms with Crippen LogP contribution in [0.1, 0.15) is 12.5 Å². The van der Waals surface area contributed by atoms with E-state index in [2.05, 4.69) is 5.32 Å². The Balaban J connectivity index is 1.53. The van der Waals surface area contributed by atoms with Crippen LogP contribution in [0.5, 0.6) is 0 Å². The first-order chi connectivity index (χ1) is 13.5. The number of rotatable bonds is 6. The second-order valence-electron chi connectivity index (χ2n) is 6.37. The zero-order valence-electron chi connectivity index (χ0n) is 15.4. The monoisotopic (exact) mass is 393 g/mol.